The first kappa shape index (κ1) is 20.0. The van der Waals surface area contributed by atoms with Gasteiger partial charge < -0.3 is 10.6 Å². The average molecular weight is 434 g/mol. The van der Waals surface area contributed by atoms with Crippen LogP contribution in [0.5, 0.6) is 0 Å². The Morgan fingerprint density at radius 2 is 1.77 bits per heavy atom. The molecule has 2 amide bonds. The smallest absolute Gasteiger partial charge is 0.256 e. The van der Waals surface area contributed by atoms with Crippen LogP contribution in [0.25, 0.3) is 9.88 Å². The molecule has 0 atom stereocenters. The summed E-state index contributed by atoms with van der Waals surface area (Å²) in [4.78, 5) is 30.9. The van der Waals surface area contributed by atoms with Gasteiger partial charge in [0.2, 0.25) is 5.91 Å². The lowest BCUT2D eigenvalue weighted by Crippen LogP contribution is -2.18. The highest BCUT2D eigenvalue weighted by Crippen LogP contribution is 2.28. The number of nitrogens with one attached hydrogen (secondary N) is 2. The monoisotopic (exact) mass is 433 g/mol. The van der Waals surface area contributed by atoms with Crippen molar-refractivity contribution in [3.63, 3.8) is 0 Å². The first-order valence-corrected chi connectivity index (χ1v) is 11.1. The van der Waals surface area contributed by atoms with Gasteiger partial charge in [-0.1, -0.05) is 30.3 Å². The van der Waals surface area contributed by atoms with Crippen molar-refractivity contribution in [3.8, 4) is 9.88 Å². The van der Waals surface area contributed by atoms with Crippen LogP contribution in [0.3, 0.4) is 0 Å². The van der Waals surface area contributed by atoms with Crippen molar-refractivity contribution < 1.29 is 9.59 Å². The van der Waals surface area contributed by atoms with Gasteiger partial charge in [0.15, 0.2) is 0 Å². The van der Waals surface area contributed by atoms with Gasteiger partial charge in [-0.15, -0.1) is 22.7 Å². The zero-order valence-electron chi connectivity index (χ0n) is 16.2. The fourth-order valence-electron chi connectivity index (χ4n) is 3.00. The molecule has 0 aliphatic carbocycles. The standard InChI is InChI=1S/C23H19N3O2S2/c1-15-18(22(28)24-16-7-3-2-4-8-16)9-5-10-19(15)26-21(27)13-17-14-30-23(25-17)20-11-6-12-29-20/h2-12,14H,13H2,1H3,(H,24,28)(H,26,27). The van der Waals surface area contributed by atoms with Gasteiger partial charge >= 0.3 is 0 Å². The van der Waals surface area contributed by atoms with E-state index >= 15 is 0 Å². The molecule has 150 valence electrons. The van der Waals surface area contributed by atoms with E-state index in [1.54, 1.807) is 29.5 Å². The van der Waals surface area contributed by atoms with Crippen molar-refractivity contribution in [1.82, 2.24) is 4.98 Å². The predicted molar refractivity (Wildman–Crippen MR) is 123 cm³/mol. The molecule has 4 aromatic rings. The quantitative estimate of drug-likeness (QED) is 0.415. The molecule has 0 aliphatic heterocycles. The third-order valence-corrected chi connectivity index (χ3v) is 6.44. The molecule has 7 heteroatoms. The fourth-order valence-corrected chi connectivity index (χ4v) is 4.63. The summed E-state index contributed by atoms with van der Waals surface area (Å²) < 4.78 is 0. The van der Waals surface area contributed by atoms with Gasteiger partial charge in [0.05, 0.1) is 17.0 Å². The van der Waals surface area contributed by atoms with Crippen molar-refractivity contribution in [3.05, 3.63) is 88.2 Å². The molecule has 0 fully saturated rings. The van der Waals surface area contributed by atoms with Gasteiger partial charge in [0.1, 0.15) is 5.01 Å². The molecular formula is C23H19N3O2S2. The third kappa shape index (κ3) is 4.64. The molecule has 0 bridgehead atoms. The summed E-state index contributed by atoms with van der Waals surface area (Å²) in [5.41, 5.74) is 3.31. The first-order chi connectivity index (χ1) is 14.6. The van der Waals surface area contributed by atoms with E-state index in [2.05, 4.69) is 15.6 Å². The average Bonchev–Trinajstić information content (AvgIpc) is 3.42. The number of anilines is 2. The van der Waals surface area contributed by atoms with Crippen molar-refractivity contribution in [1.29, 1.82) is 0 Å². The third-order valence-electron chi connectivity index (χ3n) is 4.51. The highest BCUT2D eigenvalue weighted by atomic mass is 32.1. The van der Waals surface area contributed by atoms with Crippen LogP contribution < -0.4 is 10.6 Å². The van der Waals surface area contributed by atoms with E-state index in [4.69, 9.17) is 0 Å². The Bertz CT molecular complexity index is 1170. The van der Waals surface area contributed by atoms with Crippen LogP contribution in [0.15, 0.2) is 71.4 Å². The molecule has 5 nitrogen and oxygen atoms in total. The van der Waals surface area contributed by atoms with Gasteiger partial charge in [-0.05, 0) is 48.2 Å². The lowest BCUT2D eigenvalue weighted by molar-refractivity contribution is -0.115. The van der Waals surface area contributed by atoms with E-state index in [0.717, 1.165) is 26.8 Å². The second-order valence-electron chi connectivity index (χ2n) is 6.64. The molecule has 2 aromatic carbocycles. The number of thiazole rings is 1. The molecule has 0 saturated carbocycles. The minimum atomic E-state index is -0.213. The topological polar surface area (TPSA) is 71.1 Å². The van der Waals surface area contributed by atoms with E-state index in [-0.39, 0.29) is 18.2 Å². The Kier molecular flexibility index (Phi) is 6.02. The lowest BCUT2D eigenvalue weighted by Gasteiger charge is -2.12. The Balaban J connectivity index is 1.44. The Hall–Kier alpha value is -3.29. The molecule has 0 spiro atoms. The maximum atomic E-state index is 12.6. The summed E-state index contributed by atoms with van der Waals surface area (Å²) in [6, 6.07) is 18.6. The minimum absolute atomic E-state index is 0.165. The summed E-state index contributed by atoms with van der Waals surface area (Å²) in [5, 5.41) is 10.6. The minimum Gasteiger partial charge on any atom is -0.325 e. The van der Waals surface area contributed by atoms with Crippen LogP contribution >= 0.6 is 22.7 Å². The van der Waals surface area contributed by atoms with E-state index in [0.29, 0.717) is 11.3 Å². The number of hydrogen-bond acceptors (Lipinski definition) is 5. The van der Waals surface area contributed by atoms with Gasteiger partial charge in [-0.3, -0.25) is 9.59 Å². The number of carbonyl (C=O) groups excluding carboxylic acids is 2. The Labute approximate surface area is 182 Å². The summed E-state index contributed by atoms with van der Waals surface area (Å²) >= 11 is 3.16. The zero-order valence-corrected chi connectivity index (χ0v) is 17.8. The van der Waals surface area contributed by atoms with Crippen LogP contribution in [0, 0.1) is 6.92 Å². The van der Waals surface area contributed by atoms with Crippen molar-refractivity contribution in [2.75, 3.05) is 10.6 Å². The maximum Gasteiger partial charge on any atom is 0.256 e. The number of amides is 2. The van der Waals surface area contributed by atoms with E-state index < -0.39 is 0 Å². The first-order valence-electron chi connectivity index (χ1n) is 9.34. The number of hydrogen-bond donors (Lipinski definition) is 2. The van der Waals surface area contributed by atoms with Crippen LogP contribution in [0.2, 0.25) is 0 Å². The molecule has 0 unspecified atom stereocenters. The lowest BCUT2D eigenvalue weighted by atomic mass is 10.1. The molecule has 2 N–H and O–H groups in total. The van der Waals surface area contributed by atoms with Crippen molar-refractivity contribution in [2.24, 2.45) is 0 Å². The number of carbonyl (C=O) groups is 2. The van der Waals surface area contributed by atoms with Crippen LogP contribution in [0.1, 0.15) is 21.6 Å². The fraction of sp³-hybridized carbons (Fsp3) is 0.0870. The molecule has 0 saturated heterocycles. The molecule has 2 aromatic heterocycles. The molecule has 0 radical (unpaired) electrons. The van der Waals surface area contributed by atoms with Gasteiger partial charge in [0, 0.05) is 22.3 Å². The maximum absolute atomic E-state index is 12.6. The van der Waals surface area contributed by atoms with Crippen LogP contribution in [0.4, 0.5) is 11.4 Å². The van der Waals surface area contributed by atoms with Gasteiger partial charge in [-0.2, -0.15) is 0 Å². The van der Waals surface area contributed by atoms with Gasteiger partial charge in [0.25, 0.3) is 5.91 Å². The molecular weight excluding hydrogens is 414 g/mol. The predicted octanol–water partition coefficient (Wildman–Crippen LogP) is 5.61. The summed E-state index contributed by atoms with van der Waals surface area (Å²) in [5.74, 6) is -0.378. The molecule has 30 heavy (non-hydrogen) atoms. The second-order valence-corrected chi connectivity index (χ2v) is 8.45. The van der Waals surface area contributed by atoms with E-state index in [9.17, 15) is 9.59 Å². The van der Waals surface area contributed by atoms with E-state index in [1.807, 2.05) is 60.1 Å². The SMILES string of the molecule is Cc1c(NC(=O)Cc2csc(-c3cccs3)n2)cccc1C(=O)Nc1ccccc1. The summed E-state index contributed by atoms with van der Waals surface area (Å²) in [6.45, 7) is 1.83. The van der Waals surface area contributed by atoms with E-state index in [1.165, 1.54) is 11.3 Å². The highest BCUT2D eigenvalue weighted by molar-refractivity contribution is 7.20. The van der Waals surface area contributed by atoms with Crippen LogP contribution in [-0.4, -0.2) is 16.8 Å². The van der Waals surface area contributed by atoms with Crippen molar-refractivity contribution in [2.45, 2.75) is 13.3 Å². The normalized spacial score (nSPS) is 10.6. The number of aromatic nitrogens is 1. The summed E-state index contributed by atoms with van der Waals surface area (Å²) in [7, 11) is 0. The van der Waals surface area contributed by atoms with Crippen LogP contribution in [-0.2, 0) is 11.2 Å². The summed E-state index contributed by atoms with van der Waals surface area (Å²) in [6.07, 6.45) is 0.182. The number of para-hydroxylation sites is 1. The number of thiophene rings is 1. The highest BCUT2D eigenvalue weighted by Gasteiger charge is 2.15. The Morgan fingerprint density at radius 3 is 2.53 bits per heavy atom. The molecule has 0 aliphatic rings. The van der Waals surface area contributed by atoms with Gasteiger partial charge in [-0.25, -0.2) is 4.98 Å². The molecule has 2 heterocycles. The largest absolute Gasteiger partial charge is 0.325 e. The second kappa shape index (κ2) is 9.02. The Morgan fingerprint density at radius 1 is 0.933 bits per heavy atom. The number of rotatable bonds is 6. The number of nitrogens with zero attached hydrogens (tertiary/aromatic N) is 1. The van der Waals surface area contributed by atoms with Crippen molar-refractivity contribution >= 4 is 45.9 Å². The zero-order chi connectivity index (χ0) is 20.9. The number of benzene rings is 2. The molecule has 4 rings (SSSR count).